The van der Waals surface area contributed by atoms with Gasteiger partial charge in [-0.15, -0.1) is 0 Å². The molecule has 0 amide bonds. The Labute approximate surface area is 165 Å². The minimum atomic E-state index is -0.426. The minimum Gasteiger partial charge on any atom is -0.434 e. The second kappa shape index (κ2) is 6.32. The molecule has 2 atom stereocenters. The zero-order chi connectivity index (χ0) is 18.7. The summed E-state index contributed by atoms with van der Waals surface area (Å²) in [7, 11) is 0.580. The van der Waals surface area contributed by atoms with Crippen molar-refractivity contribution in [3.8, 4) is 0 Å². The van der Waals surface area contributed by atoms with Gasteiger partial charge in [0.05, 0.1) is 11.3 Å². The second-order valence-corrected chi connectivity index (χ2v) is 9.43. The van der Waals surface area contributed by atoms with Crippen LogP contribution in [0.4, 0.5) is 0 Å². The van der Waals surface area contributed by atoms with E-state index >= 15 is 0 Å². The molecule has 0 saturated heterocycles. The van der Waals surface area contributed by atoms with Crippen molar-refractivity contribution in [2.75, 3.05) is 13.2 Å². The van der Waals surface area contributed by atoms with Gasteiger partial charge in [0.25, 0.3) is 0 Å². The maximum atomic E-state index is 11.0. The molecule has 6 nitrogen and oxygen atoms in total. The van der Waals surface area contributed by atoms with Gasteiger partial charge in [-0.3, -0.25) is 0 Å². The van der Waals surface area contributed by atoms with E-state index in [2.05, 4.69) is 21.5 Å². The number of aliphatic hydroxyl groups is 1. The Kier molecular flexibility index (Phi) is 3.85. The summed E-state index contributed by atoms with van der Waals surface area (Å²) in [6, 6.07) is 2.12. The van der Waals surface area contributed by atoms with E-state index in [0.717, 1.165) is 55.3 Å². The van der Waals surface area contributed by atoms with Crippen molar-refractivity contribution in [2.45, 2.75) is 44.1 Å². The topological polar surface area (TPSA) is 82.5 Å². The minimum absolute atomic E-state index is 0.406. The molecule has 7 rings (SSSR count). The Morgan fingerprint density at radius 1 is 1.21 bits per heavy atom. The van der Waals surface area contributed by atoms with Gasteiger partial charge in [-0.05, 0) is 67.8 Å². The number of hydrogen-bond acceptors (Lipinski definition) is 5. The summed E-state index contributed by atoms with van der Waals surface area (Å²) in [5.41, 5.74) is 7.32. The van der Waals surface area contributed by atoms with Gasteiger partial charge in [0.15, 0.2) is 0 Å². The first-order valence-electron chi connectivity index (χ1n) is 10.8. The zero-order valence-electron chi connectivity index (χ0n) is 16.2. The highest BCUT2D eigenvalue weighted by Crippen LogP contribution is 2.59. The highest BCUT2D eigenvalue weighted by Gasteiger charge is 2.56. The van der Waals surface area contributed by atoms with Crippen molar-refractivity contribution in [3.05, 3.63) is 24.0 Å². The lowest BCUT2D eigenvalue weighted by Crippen LogP contribution is -2.57. The van der Waals surface area contributed by atoms with Gasteiger partial charge in [-0.25, -0.2) is 4.98 Å². The number of rotatable bonds is 1. The van der Waals surface area contributed by atoms with Crippen molar-refractivity contribution >= 4 is 29.7 Å². The summed E-state index contributed by atoms with van der Waals surface area (Å²) in [6.45, 7) is 1.56. The summed E-state index contributed by atoms with van der Waals surface area (Å²) in [6.07, 6.45) is 10.2. The highest BCUT2D eigenvalue weighted by molar-refractivity contribution is 6.50. The molecule has 0 aromatic carbocycles. The highest BCUT2D eigenvalue weighted by atomic mass is 16.4. The van der Waals surface area contributed by atoms with E-state index in [1.165, 1.54) is 24.1 Å². The first kappa shape index (κ1) is 17.0. The van der Waals surface area contributed by atoms with Crippen LogP contribution in [-0.2, 0) is 4.65 Å². The smallest absolute Gasteiger partial charge is 0.310 e. The van der Waals surface area contributed by atoms with Gasteiger partial charge < -0.3 is 20.2 Å². The van der Waals surface area contributed by atoms with Gasteiger partial charge in [-0.1, -0.05) is 0 Å². The van der Waals surface area contributed by atoms with E-state index in [4.69, 9.17) is 9.76 Å². The Morgan fingerprint density at radius 2 is 2.07 bits per heavy atom. The molecule has 5 aliphatic rings. The molecule has 3 heterocycles. The van der Waals surface area contributed by atoms with E-state index in [1.807, 2.05) is 12.4 Å². The monoisotopic (exact) mass is 378 g/mol. The first-order chi connectivity index (χ1) is 13.7. The molecule has 1 aliphatic heterocycles. The molecule has 0 radical (unpaired) electrons. The van der Waals surface area contributed by atoms with Crippen LogP contribution in [0.25, 0.3) is 11.0 Å². The normalized spacial score (nSPS) is 39.0. The van der Waals surface area contributed by atoms with E-state index < -0.39 is 5.60 Å². The molecular formula is C21H27BN4O2. The molecular weight excluding hydrogens is 351 g/mol. The van der Waals surface area contributed by atoms with Gasteiger partial charge in [0.1, 0.15) is 5.65 Å². The number of aromatic amines is 1. The number of hydrogen-bond donors (Lipinski definition) is 3. The van der Waals surface area contributed by atoms with Crippen LogP contribution in [0, 0.1) is 23.7 Å². The molecule has 4 saturated carbocycles. The number of fused-ring (bicyclic) bond motifs is 3. The molecule has 4 bridgehead atoms. The number of nitrogens with zero attached hydrogens (tertiary/aromatic N) is 2. The SMILES string of the molecule is OC12CC3CC(C1)C(/C1=N/NCCCOBc4cnc5[nH]ccc5c41)C(C3)C2. The van der Waals surface area contributed by atoms with Gasteiger partial charge >= 0.3 is 7.48 Å². The average molecular weight is 378 g/mol. The summed E-state index contributed by atoms with van der Waals surface area (Å²) in [5, 5.41) is 17.2. The Bertz CT molecular complexity index is 926. The van der Waals surface area contributed by atoms with Crippen LogP contribution < -0.4 is 10.9 Å². The molecule has 0 spiro atoms. The van der Waals surface area contributed by atoms with Gasteiger partial charge in [0, 0.05) is 42.4 Å². The number of H-pyrrole nitrogens is 1. The molecule has 2 aromatic rings. The van der Waals surface area contributed by atoms with Crippen LogP contribution in [0.3, 0.4) is 0 Å². The van der Waals surface area contributed by atoms with Crippen LogP contribution in [0.2, 0.25) is 0 Å². The van der Waals surface area contributed by atoms with Crippen LogP contribution in [-0.4, -0.2) is 47.0 Å². The summed E-state index contributed by atoms with van der Waals surface area (Å²) < 4.78 is 5.95. The fourth-order valence-electron chi connectivity index (χ4n) is 6.76. The molecule has 2 aromatic heterocycles. The lowest BCUT2D eigenvalue weighted by atomic mass is 9.49. The van der Waals surface area contributed by atoms with Crippen LogP contribution in [0.1, 0.15) is 44.1 Å². The lowest BCUT2D eigenvalue weighted by molar-refractivity contribution is -0.137. The molecule has 7 heteroatoms. The van der Waals surface area contributed by atoms with Crippen molar-refractivity contribution in [1.82, 2.24) is 15.4 Å². The fraction of sp³-hybridized carbons (Fsp3) is 0.619. The van der Waals surface area contributed by atoms with Gasteiger partial charge in [0.2, 0.25) is 0 Å². The predicted molar refractivity (Wildman–Crippen MR) is 110 cm³/mol. The van der Waals surface area contributed by atoms with E-state index in [-0.39, 0.29) is 0 Å². The average Bonchev–Trinajstić information content (AvgIpc) is 3.13. The third-order valence-corrected chi connectivity index (χ3v) is 7.51. The lowest BCUT2D eigenvalue weighted by Gasteiger charge is -2.58. The zero-order valence-corrected chi connectivity index (χ0v) is 16.2. The summed E-state index contributed by atoms with van der Waals surface area (Å²) in [5.74, 6) is 2.15. The summed E-state index contributed by atoms with van der Waals surface area (Å²) in [4.78, 5) is 7.87. The Morgan fingerprint density at radius 3 is 2.89 bits per heavy atom. The van der Waals surface area contributed by atoms with E-state index in [0.29, 0.717) is 31.2 Å². The molecule has 28 heavy (non-hydrogen) atoms. The van der Waals surface area contributed by atoms with Crippen molar-refractivity contribution in [3.63, 3.8) is 0 Å². The second-order valence-electron chi connectivity index (χ2n) is 9.43. The third-order valence-electron chi connectivity index (χ3n) is 7.51. The predicted octanol–water partition coefficient (Wildman–Crippen LogP) is 1.44. The molecule has 3 N–H and O–H groups in total. The number of nitrogens with one attached hydrogen (secondary N) is 2. The summed E-state index contributed by atoms with van der Waals surface area (Å²) >= 11 is 0. The largest absolute Gasteiger partial charge is 0.434 e. The Balaban J connectivity index is 1.50. The fourth-order valence-corrected chi connectivity index (χ4v) is 6.76. The third kappa shape index (κ3) is 2.63. The van der Waals surface area contributed by atoms with Gasteiger partial charge in [-0.2, -0.15) is 5.10 Å². The molecule has 2 unspecified atom stereocenters. The van der Waals surface area contributed by atoms with Crippen LogP contribution in [0.15, 0.2) is 23.6 Å². The molecule has 4 aliphatic carbocycles. The number of aromatic nitrogens is 2. The standard InChI is InChI=1S/C21H27BN4O2/c27-21-8-12-6-13(9-21)17(14(7-12)10-21)19-18-15-2-4-23-20(15)24-11-16(18)22-28-5-1-3-25-26-19/h2,4,11-14,17,22,25,27H,1,3,5-10H2,(H,23,24)/b26-19-. The van der Waals surface area contributed by atoms with Crippen molar-refractivity contribution < 1.29 is 9.76 Å². The maximum absolute atomic E-state index is 11.0. The van der Waals surface area contributed by atoms with Crippen molar-refractivity contribution in [2.24, 2.45) is 28.8 Å². The van der Waals surface area contributed by atoms with Crippen LogP contribution >= 0.6 is 0 Å². The first-order valence-corrected chi connectivity index (χ1v) is 10.8. The van der Waals surface area contributed by atoms with Crippen molar-refractivity contribution in [1.29, 1.82) is 0 Å². The van der Waals surface area contributed by atoms with Crippen LogP contribution in [0.5, 0.6) is 0 Å². The molecule has 146 valence electrons. The van der Waals surface area contributed by atoms with E-state index in [9.17, 15) is 5.11 Å². The number of pyridine rings is 1. The van der Waals surface area contributed by atoms with E-state index in [1.54, 1.807) is 0 Å². The molecule has 4 fully saturated rings. The number of hydrazone groups is 1. The maximum Gasteiger partial charge on any atom is 0.310 e. The quantitative estimate of drug-likeness (QED) is 0.656. The Hall–Kier alpha value is -1.86.